The van der Waals surface area contributed by atoms with Gasteiger partial charge in [-0.25, -0.2) is 5.43 Å². The molecule has 2 aromatic heterocycles. The van der Waals surface area contributed by atoms with Crippen LogP contribution in [0.2, 0.25) is 0 Å². The van der Waals surface area contributed by atoms with E-state index in [1.165, 1.54) is 6.21 Å². The quantitative estimate of drug-likeness (QED) is 0.186. The molecule has 0 amide bonds. The molecule has 11 heteroatoms. The summed E-state index contributed by atoms with van der Waals surface area (Å²) < 4.78 is 11.3. The van der Waals surface area contributed by atoms with E-state index in [0.717, 1.165) is 21.7 Å². The van der Waals surface area contributed by atoms with E-state index in [2.05, 4.69) is 52.0 Å². The van der Waals surface area contributed by atoms with Gasteiger partial charge in [0.25, 0.3) is 0 Å². The SMILES string of the molecule is COc1ccc(Nc2nc(NCc3ccco3)nc(N/N=C\c3cc(Br)ccc3O)n2)cc1. The van der Waals surface area contributed by atoms with Crippen molar-refractivity contribution in [2.75, 3.05) is 23.2 Å². The summed E-state index contributed by atoms with van der Waals surface area (Å²) in [5.74, 6) is 2.40. The molecule has 0 aliphatic heterocycles. The highest BCUT2D eigenvalue weighted by Crippen LogP contribution is 2.21. The fourth-order valence-electron chi connectivity index (χ4n) is 2.73. The number of ether oxygens (including phenoxy) is 1. The first kappa shape index (κ1) is 22.1. The third-order valence-electron chi connectivity index (χ3n) is 4.34. The van der Waals surface area contributed by atoms with Crippen LogP contribution in [0.25, 0.3) is 0 Å². The minimum absolute atomic E-state index is 0.0991. The number of furan rings is 1. The number of benzene rings is 2. The summed E-state index contributed by atoms with van der Waals surface area (Å²) in [7, 11) is 1.61. The van der Waals surface area contributed by atoms with Gasteiger partial charge < -0.3 is 24.9 Å². The number of aromatic nitrogens is 3. The Kier molecular flexibility index (Phi) is 7.00. The molecule has 168 valence electrons. The number of anilines is 4. The zero-order valence-electron chi connectivity index (χ0n) is 17.5. The number of phenols is 1. The molecule has 4 aromatic rings. The van der Waals surface area contributed by atoms with Crippen molar-refractivity contribution in [2.24, 2.45) is 5.10 Å². The van der Waals surface area contributed by atoms with Gasteiger partial charge in [-0.05, 0) is 54.6 Å². The van der Waals surface area contributed by atoms with Crippen molar-refractivity contribution in [3.05, 3.63) is 76.7 Å². The van der Waals surface area contributed by atoms with Gasteiger partial charge >= 0.3 is 0 Å². The summed E-state index contributed by atoms with van der Waals surface area (Å²) in [6.45, 7) is 0.396. The smallest absolute Gasteiger partial charge is 0.250 e. The van der Waals surface area contributed by atoms with Crippen LogP contribution >= 0.6 is 15.9 Å². The lowest BCUT2D eigenvalue weighted by molar-refractivity contribution is 0.415. The van der Waals surface area contributed by atoms with Crippen LogP contribution in [-0.4, -0.2) is 33.4 Å². The number of hydrogen-bond acceptors (Lipinski definition) is 10. The summed E-state index contributed by atoms with van der Waals surface area (Å²) in [6, 6.07) is 16.0. The van der Waals surface area contributed by atoms with E-state index in [1.807, 2.05) is 30.3 Å². The first-order chi connectivity index (χ1) is 16.1. The molecule has 0 radical (unpaired) electrons. The molecule has 4 rings (SSSR count). The molecule has 0 spiro atoms. The number of nitrogens with one attached hydrogen (secondary N) is 3. The maximum atomic E-state index is 9.96. The average molecular weight is 510 g/mol. The van der Waals surface area contributed by atoms with Crippen molar-refractivity contribution < 1.29 is 14.3 Å². The Hall–Kier alpha value is -4.12. The Balaban J connectivity index is 1.54. The van der Waals surface area contributed by atoms with Gasteiger partial charge in [0.2, 0.25) is 17.8 Å². The predicted octanol–water partition coefficient (Wildman–Crippen LogP) is 4.74. The fourth-order valence-corrected chi connectivity index (χ4v) is 3.11. The van der Waals surface area contributed by atoms with E-state index < -0.39 is 0 Å². The summed E-state index contributed by atoms with van der Waals surface area (Å²) in [4.78, 5) is 13.1. The zero-order chi connectivity index (χ0) is 23.0. The summed E-state index contributed by atoms with van der Waals surface area (Å²) in [5, 5.41) is 20.3. The van der Waals surface area contributed by atoms with Crippen LogP contribution in [0.5, 0.6) is 11.5 Å². The number of aromatic hydroxyl groups is 1. The number of nitrogens with zero attached hydrogens (tertiary/aromatic N) is 4. The molecule has 10 nitrogen and oxygen atoms in total. The van der Waals surface area contributed by atoms with Crippen LogP contribution in [-0.2, 0) is 6.54 Å². The van der Waals surface area contributed by atoms with Gasteiger partial charge in [0, 0.05) is 15.7 Å². The van der Waals surface area contributed by atoms with E-state index in [0.29, 0.717) is 24.0 Å². The molecule has 33 heavy (non-hydrogen) atoms. The van der Waals surface area contributed by atoms with Crippen LogP contribution in [0.4, 0.5) is 23.5 Å². The second-order valence-electron chi connectivity index (χ2n) is 6.67. The number of hydrazone groups is 1. The summed E-state index contributed by atoms with van der Waals surface area (Å²) in [6.07, 6.45) is 3.07. The van der Waals surface area contributed by atoms with Crippen LogP contribution < -0.4 is 20.8 Å². The Morgan fingerprint density at radius 3 is 2.61 bits per heavy atom. The van der Waals surface area contributed by atoms with Gasteiger partial charge in [-0.2, -0.15) is 20.1 Å². The molecule has 0 saturated heterocycles. The fraction of sp³-hybridized carbons (Fsp3) is 0.0909. The van der Waals surface area contributed by atoms with Gasteiger partial charge in [-0.3, -0.25) is 0 Å². The predicted molar refractivity (Wildman–Crippen MR) is 129 cm³/mol. The Morgan fingerprint density at radius 2 is 1.85 bits per heavy atom. The maximum absolute atomic E-state index is 9.96. The number of methoxy groups -OCH3 is 1. The second kappa shape index (κ2) is 10.5. The van der Waals surface area contributed by atoms with Crippen molar-refractivity contribution in [1.82, 2.24) is 15.0 Å². The lowest BCUT2D eigenvalue weighted by Crippen LogP contribution is -2.09. The van der Waals surface area contributed by atoms with E-state index in [1.54, 1.807) is 37.6 Å². The molecule has 4 N–H and O–H groups in total. The van der Waals surface area contributed by atoms with Gasteiger partial charge in [-0.1, -0.05) is 15.9 Å². The van der Waals surface area contributed by atoms with Crippen molar-refractivity contribution >= 4 is 45.7 Å². The Bertz CT molecular complexity index is 1230. The molecule has 2 aromatic carbocycles. The van der Waals surface area contributed by atoms with E-state index in [9.17, 15) is 5.11 Å². The number of rotatable bonds is 9. The van der Waals surface area contributed by atoms with Gasteiger partial charge in [0.1, 0.15) is 17.3 Å². The standard InChI is InChI=1S/C22H20BrN7O3/c1-32-17-7-5-16(6-8-17)26-21-27-20(24-13-18-3-2-10-33-18)28-22(29-21)30-25-12-14-11-15(23)4-9-19(14)31/h2-12,31H,13H2,1H3,(H3,24,26,27,28,29,30)/b25-12-. The third-order valence-corrected chi connectivity index (χ3v) is 4.83. The monoisotopic (exact) mass is 509 g/mol. The lowest BCUT2D eigenvalue weighted by Gasteiger charge is -2.10. The summed E-state index contributed by atoms with van der Waals surface area (Å²) >= 11 is 3.37. The maximum Gasteiger partial charge on any atom is 0.250 e. The van der Waals surface area contributed by atoms with Crippen molar-refractivity contribution in [2.45, 2.75) is 6.54 Å². The van der Waals surface area contributed by atoms with Gasteiger partial charge in [0.05, 0.1) is 26.1 Å². The van der Waals surface area contributed by atoms with E-state index >= 15 is 0 Å². The van der Waals surface area contributed by atoms with Crippen molar-refractivity contribution in [3.63, 3.8) is 0 Å². The van der Waals surface area contributed by atoms with Crippen molar-refractivity contribution in [1.29, 1.82) is 0 Å². The average Bonchev–Trinajstić information content (AvgIpc) is 3.34. The minimum atomic E-state index is 0.0991. The molecule has 0 unspecified atom stereocenters. The van der Waals surface area contributed by atoms with Crippen LogP contribution in [0.3, 0.4) is 0 Å². The molecule has 0 fully saturated rings. The van der Waals surface area contributed by atoms with Gasteiger partial charge in [-0.15, -0.1) is 0 Å². The van der Waals surface area contributed by atoms with Gasteiger partial charge in [0.15, 0.2) is 0 Å². The first-order valence-corrected chi connectivity index (χ1v) is 10.6. The minimum Gasteiger partial charge on any atom is -0.507 e. The molecule has 0 aliphatic carbocycles. The highest BCUT2D eigenvalue weighted by molar-refractivity contribution is 9.10. The zero-order valence-corrected chi connectivity index (χ0v) is 19.1. The van der Waals surface area contributed by atoms with Crippen LogP contribution in [0.15, 0.2) is 74.9 Å². The van der Waals surface area contributed by atoms with E-state index in [-0.39, 0.29) is 11.7 Å². The van der Waals surface area contributed by atoms with E-state index in [4.69, 9.17) is 9.15 Å². The molecule has 0 bridgehead atoms. The number of halogens is 1. The number of hydrogen-bond donors (Lipinski definition) is 4. The Labute approximate surface area is 197 Å². The first-order valence-electron chi connectivity index (χ1n) is 9.80. The van der Waals surface area contributed by atoms with Crippen molar-refractivity contribution in [3.8, 4) is 11.5 Å². The highest BCUT2D eigenvalue weighted by atomic mass is 79.9. The highest BCUT2D eigenvalue weighted by Gasteiger charge is 2.08. The molecular formula is C22H20BrN7O3. The topological polar surface area (TPSA) is 130 Å². The lowest BCUT2D eigenvalue weighted by atomic mass is 10.2. The number of phenolic OH excluding ortho intramolecular Hbond substituents is 1. The van der Waals surface area contributed by atoms with Crippen LogP contribution in [0, 0.1) is 0 Å². The molecule has 0 saturated carbocycles. The second-order valence-corrected chi connectivity index (χ2v) is 7.58. The molecule has 0 aliphatic rings. The molecule has 2 heterocycles. The normalized spacial score (nSPS) is 10.8. The molecule has 0 atom stereocenters. The summed E-state index contributed by atoms with van der Waals surface area (Å²) in [5.41, 5.74) is 4.07. The molecular weight excluding hydrogens is 490 g/mol. The van der Waals surface area contributed by atoms with Crippen LogP contribution in [0.1, 0.15) is 11.3 Å². The Morgan fingerprint density at radius 1 is 1.06 bits per heavy atom. The third kappa shape index (κ3) is 6.20. The largest absolute Gasteiger partial charge is 0.507 e.